The zero-order chi connectivity index (χ0) is 17.8. The van der Waals surface area contributed by atoms with Crippen LogP contribution in [0.4, 0.5) is 0 Å². The Balaban J connectivity index is 2.86. The molecule has 0 atom stereocenters. The van der Waals surface area contributed by atoms with Crippen molar-refractivity contribution in [1.29, 1.82) is 0 Å². The summed E-state index contributed by atoms with van der Waals surface area (Å²) in [5, 5.41) is 0. The normalized spacial score (nSPS) is 11.8. The molecule has 0 bridgehead atoms. The minimum absolute atomic E-state index is 0.0595. The Bertz CT molecular complexity index is 666. The summed E-state index contributed by atoms with van der Waals surface area (Å²) < 4.78 is 26.0. The maximum absolute atomic E-state index is 12.5. The van der Waals surface area contributed by atoms with Crippen LogP contribution in [0.5, 0.6) is 0 Å². The van der Waals surface area contributed by atoms with Gasteiger partial charge in [0.2, 0.25) is 15.9 Å². The van der Waals surface area contributed by atoms with Gasteiger partial charge in [0.25, 0.3) is 0 Å². The first-order valence-corrected chi connectivity index (χ1v) is 8.81. The van der Waals surface area contributed by atoms with Crippen molar-refractivity contribution >= 4 is 21.7 Å². The fraction of sp³-hybridized carbons (Fsp3) is 0.500. The minimum atomic E-state index is -3.76. The van der Waals surface area contributed by atoms with Gasteiger partial charge in [0.15, 0.2) is 5.78 Å². The Hall–Kier alpha value is -1.73. The van der Waals surface area contributed by atoms with E-state index in [1.807, 2.05) is 13.8 Å². The van der Waals surface area contributed by atoms with Gasteiger partial charge >= 0.3 is 0 Å². The van der Waals surface area contributed by atoms with Crippen LogP contribution in [-0.4, -0.2) is 56.5 Å². The lowest BCUT2D eigenvalue weighted by atomic mass is 10.2. The molecule has 0 N–H and O–H groups in total. The quantitative estimate of drug-likeness (QED) is 0.707. The van der Waals surface area contributed by atoms with E-state index in [0.29, 0.717) is 18.0 Å². The highest BCUT2D eigenvalue weighted by Gasteiger charge is 2.24. The molecule has 128 valence electrons. The first-order valence-electron chi connectivity index (χ1n) is 7.37. The number of sulfonamides is 1. The van der Waals surface area contributed by atoms with Gasteiger partial charge < -0.3 is 4.90 Å². The average molecular weight is 340 g/mol. The number of benzene rings is 1. The zero-order valence-electron chi connectivity index (χ0n) is 14.2. The van der Waals surface area contributed by atoms with E-state index in [0.717, 1.165) is 4.31 Å². The van der Waals surface area contributed by atoms with Crippen molar-refractivity contribution in [1.82, 2.24) is 9.21 Å². The van der Waals surface area contributed by atoms with Crippen LogP contribution < -0.4 is 0 Å². The Kier molecular flexibility index (Phi) is 6.47. The van der Waals surface area contributed by atoms with Crippen molar-refractivity contribution in [2.24, 2.45) is 5.92 Å². The van der Waals surface area contributed by atoms with Crippen molar-refractivity contribution in [2.75, 3.05) is 27.2 Å². The highest BCUT2D eigenvalue weighted by atomic mass is 32.2. The fourth-order valence-electron chi connectivity index (χ4n) is 2.09. The summed E-state index contributed by atoms with van der Waals surface area (Å²) in [5.41, 5.74) is 0.444. The van der Waals surface area contributed by atoms with Gasteiger partial charge in [-0.15, -0.1) is 0 Å². The number of nitrogens with zero attached hydrogens (tertiary/aromatic N) is 2. The maximum atomic E-state index is 12.5. The molecule has 0 unspecified atom stereocenters. The molecule has 0 aliphatic heterocycles. The molecule has 1 amide bonds. The van der Waals surface area contributed by atoms with Gasteiger partial charge in [-0.05, 0) is 25.0 Å². The molecule has 0 fully saturated rings. The van der Waals surface area contributed by atoms with E-state index in [9.17, 15) is 18.0 Å². The van der Waals surface area contributed by atoms with Crippen molar-refractivity contribution in [3.63, 3.8) is 0 Å². The van der Waals surface area contributed by atoms with Crippen molar-refractivity contribution < 1.29 is 18.0 Å². The SMILES string of the molecule is CC(=O)c1ccc(S(=O)(=O)N(C)CC(=O)N(C)CC(C)C)cc1. The number of rotatable bonds is 7. The summed E-state index contributed by atoms with van der Waals surface area (Å²) in [7, 11) is -0.736. The van der Waals surface area contributed by atoms with Gasteiger partial charge in [0.05, 0.1) is 11.4 Å². The Morgan fingerprint density at radius 3 is 2.04 bits per heavy atom. The van der Waals surface area contributed by atoms with Crippen LogP contribution in [-0.2, 0) is 14.8 Å². The van der Waals surface area contributed by atoms with E-state index in [1.165, 1.54) is 43.1 Å². The topological polar surface area (TPSA) is 74.8 Å². The van der Waals surface area contributed by atoms with E-state index in [1.54, 1.807) is 7.05 Å². The van der Waals surface area contributed by atoms with Crippen molar-refractivity contribution in [3.8, 4) is 0 Å². The summed E-state index contributed by atoms with van der Waals surface area (Å²) in [6.07, 6.45) is 0. The number of Topliss-reactive ketones (excluding diaryl/α,β-unsaturated/α-hetero) is 1. The molecule has 6 nitrogen and oxygen atoms in total. The predicted octanol–water partition coefficient (Wildman–Crippen LogP) is 1.62. The van der Waals surface area contributed by atoms with Crippen molar-refractivity contribution in [2.45, 2.75) is 25.7 Å². The van der Waals surface area contributed by atoms with Gasteiger partial charge in [-0.1, -0.05) is 26.0 Å². The molecule has 0 aliphatic rings. The molecule has 0 saturated carbocycles. The third kappa shape index (κ3) is 5.14. The molecule has 23 heavy (non-hydrogen) atoms. The monoisotopic (exact) mass is 340 g/mol. The second kappa shape index (κ2) is 7.70. The lowest BCUT2D eigenvalue weighted by Gasteiger charge is -2.23. The molecule has 0 radical (unpaired) electrons. The fourth-order valence-corrected chi connectivity index (χ4v) is 3.21. The van der Waals surface area contributed by atoms with E-state index in [-0.39, 0.29) is 23.1 Å². The highest BCUT2D eigenvalue weighted by molar-refractivity contribution is 7.89. The Morgan fingerprint density at radius 2 is 1.61 bits per heavy atom. The van der Waals surface area contributed by atoms with E-state index in [4.69, 9.17) is 0 Å². The lowest BCUT2D eigenvalue weighted by Crippen LogP contribution is -2.40. The molecule has 7 heteroatoms. The number of hydrogen-bond acceptors (Lipinski definition) is 4. The summed E-state index contributed by atoms with van der Waals surface area (Å²) in [6.45, 7) is 5.74. The van der Waals surface area contributed by atoms with E-state index in [2.05, 4.69) is 0 Å². The van der Waals surface area contributed by atoms with Gasteiger partial charge in [-0.2, -0.15) is 4.31 Å². The van der Waals surface area contributed by atoms with Crippen LogP contribution in [0.2, 0.25) is 0 Å². The van der Waals surface area contributed by atoms with Crippen LogP contribution in [0.25, 0.3) is 0 Å². The van der Waals surface area contributed by atoms with Gasteiger partial charge in [-0.3, -0.25) is 9.59 Å². The number of amides is 1. The molecule has 0 saturated heterocycles. The first kappa shape index (κ1) is 19.3. The van der Waals surface area contributed by atoms with Gasteiger partial charge in [0.1, 0.15) is 0 Å². The van der Waals surface area contributed by atoms with Crippen LogP contribution in [0, 0.1) is 5.92 Å². The zero-order valence-corrected chi connectivity index (χ0v) is 15.1. The van der Waals surface area contributed by atoms with Crippen LogP contribution in [0.15, 0.2) is 29.2 Å². The number of hydrogen-bond donors (Lipinski definition) is 0. The highest BCUT2D eigenvalue weighted by Crippen LogP contribution is 2.15. The number of likely N-dealkylation sites (N-methyl/N-ethyl adjacent to an activating group) is 2. The molecule has 0 spiro atoms. The smallest absolute Gasteiger partial charge is 0.243 e. The summed E-state index contributed by atoms with van der Waals surface area (Å²) in [5.74, 6) is -0.0806. The van der Waals surface area contributed by atoms with E-state index < -0.39 is 10.0 Å². The lowest BCUT2D eigenvalue weighted by molar-refractivity contribution is -0.130. The number of carbonyl (C=O) groups excluding carboxylic acids is 2. The Labute approximate surface area is 138 Å². The Morgan fingerprint density at radius 1 is 1.09 bits per heavy atom. The van der Waals surface area contributed by atoms with Crippen LogP contribution in [0.1, 0.15) is 31.1 Å². The molecule has 0 aromatic heterocycles. The number of ketones is 1. The molecular weight excluding hydrogens is 316 g/mol. The van der Waals surface area contributed by atoms with Gasteiger partial charge in [-0.25, -0.2) is 8.42 Å². The molecule has 1 rings (SSSR count). The third-order valence-corrected chi connectivity index (χ3v) is 5.21. The predicted molar refractivity (Wildman–Crippen MR) is 88.7 cm³/mol. The average Bonchev–Trinajstić information content (AvgIpc) is 2.46. The summed E-state index contributed by atoms with van der Waals surface area (Å²) in [6, 6.07) is 5.70. The molecule has 0 aliphatic carbocycles. The summed E-state index contributed by atoms with van der Waals surface area (Å²) >= 11 is 0. The molecule has 1 aromatic rings. The second-order valence-corrected chi connectivity index (χ2v) is 8.05. The maximum Gasteiger partial charge on any atom is 0.243 e. The largest absolute Gasteiger partial charge is 0.344 e. The van der Waals surface area contributed by atoms with E-state index >= 15 is 0 Å². The molecule has 0 heterocycles. The van der Waals surface area contributed by atoms with Crippen LogP contribution in [0.3, 0.4) is 0 Å². The van der Waals surface area contributed by atoms with Gasteiger partial charge in [0, 0.05) is 26.2 Å². The van der Waals surface area contributed by atoms with Crippen LogP contribution >= 0.6 is 0 Å². The number of carbonyl (C=O) groups is 2. The summed E-state index contributed by atoms with van der Waals surface area (Å²) in [4.78, 5) is 24.9. The molecular formula is C16H24N2O4S. The first-order chi connectivity index (χ1) is 10.6. The minimum Gasteiger partial charge on any atom is -0.344 e. The van der Waals surface area contributed by atoms with Crippen molar-refractivity contribution in [3.05, 3.63) is 29.8 Å². The molecule has 1 aromatic carbocycles. The standard InChI is InChI=1S/C16H24N2O4S/c1-12(2)10-17(4)16(20)11-18(5)23(21,22)15-8-6-14(7-9-15)13(3)19/h6-9,12H,10-11H2,1-5H3. The second-order valence-electron chi connectivity index (χ2n) is 6.01. The third-order valence-electron chi connectivity index (χ3n) is 3.39.